The number of fused-ring (bicyclic) bond motifs is 1. The Bertz CT molecular complexity index is 786. The molecule has 1 aromatic carbocycles. The molecule has 4 heteroatoms. The summed E-state index contributed by atoms with van der Waals surface area (Å²) in [6, 6.07) is 10.0. The highest BCUT2D eigenvalue weighted by molar-refractivity contribution is 5.97. The van der Waals surface area contributed by atoms with Crippen molar-refractivity contribution in [2.75, 3.05) is 0 Å². The molecule has 0 amide bonds. The van der Waals surface area contributed by atoms with Gasteiger partial charge in [0.05, 0.1) is 16.8 Å². The SMILES string of the molecule is CCn1nc(-c2c[nH]c3c(C#N)cccc23)cc1C. The van der Waals surface area contributed by atoms with Crippen molar-refractivity contribution >= 4 is 10.9 Å². The van der Waals surface area contributed by atoms with Crippen molar-refractivity contribution in [1.29, 1.82) is 5.26 Å². The highest BCUT2D eigenvalue weighted by Crippen LogP contribution is 2.29. The van der Waals surface area contributed by atoms with Gasteiger partial charge in [-0.1, -0.05) is 12.1 Å². The summed E-state index contributed by atoms with van der Waals surface area (Å²) < 4.78 is 1.97. The molecule has 0 radical (unpaired) electrons. The highest BCUT2D eigenvalue weighted by Gasteiger charge is 2.12. The van der Waals surface area contributed by atoms with Crippen molar-refractivity contribution < 1.29 is 0 Å². The first-order chi connectivity index (χ1) is 9.24. The number of para-hydroxylation sites is 1. The zero-order chi connectivity index (χ0) is 13.4. The molecular formula is C15H14N4. The van der Waals surface area contributed by atoms with Crippen molar-refractivity contribution in [3.05, 3.63) is 41.7 Å². The minimum Gasteiger partial charge on any atom is -0.359 e. The van der Waals surface area contributed by atoms with Crippen LogP contribution in [0.3, 0.4) is 0 Å². The maximum absolute atomic E-state index is 9.11. The largest absolute Gasteiger partial charge is 0.359 e. The number of nitrogens with one attached hydrogen (secondary N) is 1. The monoisotopic (exact) mass is 250 g/mol. The molecule has 0 saturated carbocycles. The van der Waals surface area contributed by atoms with E-state index in [1.54, 1.807) is 0 Å². The van der Waals surface area contributed by atoms with E-state index in [-0.39, 0.29) is 0 Å². The number of aromatic amines is 1. The van der Waals surface area contributed by atoms with Gasteiger partial charge in [-0.2, -0.15) is 10.4 Å². The fourth-order valence-electron chi connectivity index (χ4n) is 2.42. The maximum Gasteiger partial charge on any atom is 0.101 e. The molecule has 0 bridgehead atoms. The van der Waals surface area contributed by atoms with Crippen LogP contribution in [0.1, 0.15) is 18.2 Å². The smallest absolute Gasteiger partial charge is 0.101 e. The molecule has 4 nitrogen and oxygen atoms in total. The lowest BCUT2D eigenvalue weighted by atomic mass is 10.1. The quantitative estimate of drug-likeness (QED) is 0.759. The van der Waals surface area contributed by atoms with Gasteiger partial charge in [0.1, 0.15) is 6.07 Å². The number of nitriles is 1. The van der Waals surface area contributed by atoms with Gasteiger partial charge in [-0.3, -0.25) is 4.68 Å². The molecule has 0 spiro atoms. The lowest BCUT2D eigenvalue weighted by Gasteiger charge is -1.97. The Balaban J connectivity index is 2.23. The van der Waals surface area contributed by atoms with Crippen molar-refractivity contribution in [1.82, 2.24) is 14.8 Å². The van der Waals surface area contributed by atoms with Crippen LogP contribution in [0, 0.1) is 18.3 Å². The predicted molar refractivity (Wildman–Crippen MR) is 74.6 cm³/mol. The van der Waals surface area contributed by atoms with E-state index in [0.717, 1.165) is 34.4 Å². The summed E-state index contributed by atoms with van der Waals surface area (Å²) in [5.41, 5.74) is 4.67. The Kier molecular flexibility index (Phi) is 2.60. The van der Waals surface area contributed by atoms with Crippen LogP contribution in [-0.4, -0.2) is 14.8 Å². The van der Waals surface area contributed by atoms with Gasteiger partial charge < -0.3 is 4.98 Å². The van der Waals surface area contributed by atoms with E-state index in [9.17, 15) is 0 Å². The summed E-state index contributed by atoms with van der Waals surface area (Å²) in [5.74, 6) is 0. The number of hydrogen-bond donors (Lipinski definition) is 1. The van der Waals surface area contributed by atoms with E-state index >= 15 is 0 Å². The Morgan fingerprint density at radius 2 is 2.26 bits per heavy atom. The molecular weight excluding hydrogens is 236 g/mol. The lowest BCUT2D eigenvalue weighted by Crippen LogP contribution is -1.98. The maximum atomic E-state index is 9.11. The predicted octanol–water partition coefficient (Wildman–Crippen LogP) is 3.23. The second-order valence-electron chi connectivity index (χ2n) is 4.53. The number of benzene rings is 1. The normalized spacial score (nSPS) is 10.8. The molecule has 0 unspecified atom stereocenters. The highest BCUT2D eigenvalue weighted by atomic mass is 15.3. The summed E-state index contributed by atoms with van der Waals surface area (Å²) >= 11 is 0. The van der Waals surface area contributed by atoms with Crippen molar-refractivity contribution in [2.45, 2.75) is 20.4 Å². The third-order valence-corrected chi connectivity index (χ3v) is 3.39. The standard InChI is InChI=1S/C15H14N4/c1-3-19-10(2)7-14(18-19)13-9-17-15-11(8-16)5-4-6-12(13)15/h4-7,9,17H,3H2,1-2H3. The minimum atomic E-state index is 0.662. The zero-order valence-electron chi connectivity index (χ0n) is 10.9. The summed E-state index contributed by atoms with van der Waals surface area (Å²) in [4.78, 5) is 3.18. The fourth-order valence-corrected chi connectivity index (χ4v) is 2.42. The van der Waals surface area contributed by atoms with Gasteiger partial charge in [-0.05, 0) is 26.0 Å². The minimum absolute atomic E-state index is 0.662. The Labute approximate surface area is 111 Å². The van der Waals surface area contributed by atoms with Gasteiger partial charge in [0, 0.05) is 29.4 Å². The van der Waals surface area contributed by atoms with Gasteiger partial charge in [0.15, 0.2) is 0 Å². The average molecular weight is 250 g/mol. The molecule has 3 aromatic rings. The molecule has 0 aliphatic heterocycles. The Morgan fingerprint density at radius 1 is 1.42 bits per heavy atom. The average Bonchev–Trinajstić information content (AvgIpc) is 3.01. The fraction of sp³-hybridized carbons (Fsp3) is 0.200. The van der Waals surface area contributed by atoms with Gasteiger partial charge in [-0.15, -0.1) is 0 Å². The van der Waals surface area contributed by atoms with E-state index in [4.69, 9.17) is 5.26 Å². The van der Waals surface area contributed by atoms with Crippen LogP contribution in [0.15, 0.2) is 30.5 Å². The lowest BCUT2D eigenvalue weighted by molar-refractivity contribution is 0.642. The van der Waals surface area contributed by atoms with E-state index in [2.05, 4.69) is 36.1 Å². The van der Waals surface area contributed by atoms with Crippen molar-refractivity contribution in [3.63, 3.8) is 0 Å². The van der Waals surface area contributed by atoms with Crippen LogP contribution < -0.4 is 0 Å². The van der Waals surface area contributed by atoms with Crippen molar-refractivity contribution in [3.8, 4) is 17.3 Å². The van der Waals surface area contributed by atoms with E-state index in [1.165, 1.54) is 0 Å². The molecule has 0 aliphatic rings. The number of aryl methyl sites for hydroxylation is 2. The number of rotatable bonds is 2. The molecule has 94 valence electrons. The Morgan fingerprint density at radius 3 is 2.95 bits per heavy atom. The second-order valence-corrected chi connectivity index (χ2v) is 4.53. The zero-order valence-corrected chi connectivity index (χ0v) is 10.9. The van der Waals surface area contributed by atoms with E-state index in [1.807, 2.05) is 29.1 Å². The number of H-pyrrole nitrogens is 1. The molecule has 1 N–H and O–H groups in total. The number of aromatic nitrogens is 3. The van der Waals surface area contributed by atoms with Crippen LogP contribution in [-0.2, 0) is 6.54 Å². The summed E-state index contributed by atoms with van der Waals surface area (Å²) in [7, 11) is 0. The molecule has 0 saturated heterocycles. The molecule has 0 aliphatic carbocycles. The Hall–Kier alpha value is -2.54. The van der Waals surface area contributed by atoms with Gasteiger partial charge in [0.2, 0.25) is 0 Å². The molecule has 2 aromatic heterocycles. The van der Waals surface area contributed by atoms with Crippen LogP contribution in [0.4, 0.5) is 0 Å². The topological polar surface area (TPSA) is 57.4 Å². The molecule has 0 atom stereocenters. The number of nitrogens with zero attached hydrogens (tertiary/aromatic N) is 3. The van der Waals surface area contributed by atoms with Crippen LogP contribution in [0.2, 0.25) is 0 Å². The van der Waals surface area contributed by atoms with Crippen LogP contribution in [0.25, 0.3) is 22.2 Å². The van der Waals surface area contributed by atoms with Gasteiger partial charge in [-0.25, -0.2) is 0 Å². The van der Waals surface area contributed by atoms with Crippen molar-refractivity contribution in [2.24, 2.45) is 0 Å². The van der Waals surface area contributed by atoms with E-state index < -0.39 is 0 Å². The third kappa shape index (κ3) is 1.71. The van der Waals surface area contributed by atoms with Crippen LogP contribution in [0.5, 0.6) is 0 Å². The molecule has 0 fully saturated rings. The third-order valence-electron chi connectivity index (χ3n) is 3.39. The van der Waals surface area contributed by atoms with Gasteiger partial charge >= 0.3 is 0 Å². The number of hydrogen-bond acceptors (Lipinski definition) is 2. The second kappa shape index (κ2) is 4.29. The van der Waals surface area contributed by atoms with Crippen LogP contribution >= 0.6 is 0 Å². The van der Waals surface area contributed by atoms with E-state index in [0.29, 0.717) is 5.56 Å². The first-order valence-corrected chi connectivity index (χ1v) is 6.29. The summed E-state index contributed by atoms with van der Waals surface area (Å²) in [5, 5.41) is 14.7. The van der Waals surface area contributed by atoms with Gasteiger partial charge in [0.25, 0.3) is 0 Å². The molecule has 3 rings (SSSR count). The summed E-state index contributed by atoms with van der Waals surface area (Å²) in [6.45, 7) is 4.99. The molecule has 19 heavy (non-hydrogen) atoms. The molecule has 2 heterocycles. The first-order valence-electron chi connectivity index (χ1n) is 6.29. The first kappa shape index (κ1) is 11.5. The summed E-state index contributed by atoms with van der Waals surface area (Å²) in [6.07, 6.45) is 1.92.